The smallest absolute Gasteiger partial charge is 0.318 e. The van der Waals surface area contributed by atoms with Crippen molar-refractivity contribution in [3.63, 3.8) is 0 Å². The number of carbonyl (C=O) groups is 2. The number of hydrogen-bond donors (Lipinski definition) is 1. The van der Waals surface area contributed by atoms with Crippen molar-refractivity contribution in [1.29, 1.82) is 0 Å². The standard InChI is InChI=1S/C24H33N3O4S/c1-17(2)25-24(29)26(12-13-30-4)15-23(28)27-11-9-22-20(10-14-32-22)21(27)16-31-19-7-5-18(3)6-8-19/h5-8,10,14,17,21H,9,11-13,15-16H2,1-4H3,(H,25,29). The number of amides is 3. The molecule has 32 heavy (non-hydrogen) atoms. The first-order valence-corrected chi connectivity index (χ1v) is 11.9. The molecule has 8 heteroatoms. The summed E-state index contributed by atoms with van der Waals surface area (Å²) in [6.45, 7) is 7.53. The van der Waals surface area contributed by atoms with Gasteiger partial charge in [-0.2, -0.15) is 0 Å². The van der Waals surface area contributed by atoms with Crippen LogP contribution in [-0.4, -0.2) is 67.7 Å². The lowest BCUT2D eigenvalue weighted by Gasteiger charge is -2.37. The predicted molar refractivity (Wildman–Crippen MR) is 126 cm³/mol. The van der Waals surface area contributed by atoms with E-state index in [1.165, 1.54) is 15.3 Å². The molecule has 0 saturated heterocycles. The summed E-state index contributed by atoms with van der Waals surface area (Å²) in [5.41, 5.74) is 2.31. The van der Waals surface area contributed by atoms with E-state index in [1.807, 2.05) is 49.9 Å². The molecule has 2 heterocycles. The molecule has 1 aromatic heterocycles. The lowest BCUT2D eigenvalue weighted by atomic mass is 10.0. The Bertz CT molecular complexity index is 897. The third kappa shape index (κ3) is 6.23. The van der Waals surface area contributed by atoms with E-state index in [0.717, 1.165) is 17.7 Å². The van der Waals surface area contributed by atoms with Gasteiger partial charge in [0.1, 0.15) is 18.9 Å². The summed E-state index contributed by atoms with van der Waals surface area (Å²) in [4.78, 5) is 30.7. The summed E-state index contributed by atoms with van der Waals surface area (Å²) in [5.74, 6) is 0.692. The fourth-order valence-electron chi connectivity index (χ4n) is 3.73. The van der Waals surface area contributed by atoms with Crippen molar-refractivity contribution in [2.45, 2.75) is 39.3 Å². The minimum absolute atomic E-state index is 0.00240. The van der Waals surface area contributed by atoms with Crippen molar-refractivity contribution in [1.82, 2.24) is 15.1 Å². The van der Waals surface area contributed by atoms with Crippen LogP contribution in [0.3, 0.4) is 0 Å². The van der Waals surface area contributed by atoms with Gasteiger partial charge >= 0.3 is 6.03 Å². The van der Waals surface area contributed by atoms with Crippen LogP contribution < -0.4 is 10.1 Å². The molecule has 0 bridgehead atoms. The van der Waals surface area contributed by atoms with Crippen molar-refractivity contribution in [3.8, 4) is 5.75 Å². The summed E-state index contributed by atoms with van der Waals surface area (Å²) in [6.07, 6.45) is 0.816. The Labute approximate surface area is 194 Å². The second-order valence-corrected chi connectivity index (χ2v) is 9.30. The predicted octanol–water partition coefficient (Wildman–Crippen LogP) is 3.63. The lowest BCUT2D eigenvalue weighted by Crippen LogP contribution is -2.51. The first kappa shape index (κ1) is 24.1. The van der Waals surface area contributed by atoms with Gasteiger partial charge in [0.15, 0.2) is 0 Å². The normalized spacial score (nSPS) is 15.4. The van der Waals surface area contributed by atoms with E-state index >= 15 is 0 Å². The zero-order valence-corrected chi connectivity index (χ0v) is 20.1. The monoisotopic (exact) mass is 459 g/mol. The molecule has 0 saturated carbocycles. The van der Waals surface area contributed by atoms with E-state index < -0.39 is 0 Å². The van der Waals surface area contributed by atoms with Crippen LogP contribution >= 0.6 is 11.3 Å². The SMILES string of the molecule is COCCN(CC(=O)N1CCc2sccc2C1COc1ccc(C)cc1)C(=O)NC(C)C. The van der Waals surface area contributed by atoms with E-state index in [1.54, 1.807) is 18.4 Å². The average molecular weight is 460 g/mol. The van der Waals surface area contributed by atoms with Gasteiger partial charge in [-0.25, -0.2) is 4.79 Å². The van der Waals surface area contributed by atoms with Gasteiger partial charge in [-0.1, -0.05) is 17.7 Å². The summed E-state index contributed by atoms with van der Waals surface area (Å²) >= 11 is 1.72. The molecule has 1 atom stereocenters. The van der Waals surface area contributed by atoms with Crippen LogP contribution in [0.4, 0.5) is 4.79 Å². The van der Waals surface area contributed by atoms with E-state index in [9.17, 15) is 9.59 Å². The third-order valence-electron chi connectivity index (χ3n) is 5.43. The number of nitrogens with one attached hydrogen (secondary N) is 1. The number of benzene rings is 1. The molecule has 1 aromatic carbocycles. The zero-order valence-electron chi connectivity index (χ0n) is 19.3. The quantitative estimate of drug-likeness (QED) is 0.622. The molecule has 0 radical (unpaired) electrons. The maximum atomic E-state index is 13.4. The number of carbonyl (C=O) groups excluding carboxylic acids is 2. The fraction of sp³-hybridized carbons (Fsp3) is 0.500. The average Bonchev–Trinajstić information content (AvgIpc) is 3.24. The van der Waals surface area contributed by atoms with Crippen molar-refractivity contribution < 1.29 is 19.1 Å². The second-order valence-electron chi connectivity index (χ2n) is 8.29. The molecule has 7 nitrogen and oxygen atoms in total. The molecule has 2 aromatic rings. The maximum absolute atomic E-state index is 13.4. The highest BCUT2D eigenvalue weighted by Crippen LogP contribution is 2.34. The Morgan fingerprint density at radius 3 is 2.69 bits per heavy atom. The number of thiophene rings is 1. The number of nitrogens with zero attached hydrogens (tertiary/aromatic N) is 2. The van der Waals surface area contributed by atoms with Crippen LogP contribution in [0.2, 0.25) is 0 Å². The van der Waals surface area contributed by atoms with Crippen LogP contribution in [-0.2, 0) is 16.0 Å². The largest absolute Gasteiger partial charge is 0.491 e. The van der Waals surface area contributed by atoms with Gasteiger partial charge in [0.25, 0.3) is 0 Å². The molecule has 3 amide bonds. The van der Waals surface area contributed by atoms with Gasteiger partial charge in [-0.05, 0) is 56.3 Å². The van der Waals surface area contributed by atoms with Crippen LogP contribution in [0.25, 0.3) is 0 Å². The lowest BCUT2D eigenvalue weighted by molar-refractivity contribution is -0.135. The highest BCUT2D eigenvalue weighted by Gasteiger charge is 2.33. The van der Waals surface area contributed by atoms with Crippen molar-refractivity contribution in [2.75, 3.05) is 40.0 Å². The van der Waals surface area contributed by atoms with Gasteiger partial charge < -0.3 is 24.6 Å². The van der Waals surface area contributed by atoms with Crippen LogP contribution in [0.15, 0.2) is 35.7 Å². The first-order chi connectivity index (χ1) is 15.4. The molecule has 0 spiro atoms. The molecule has 0 fully saturated rings. The van der Waals surface area contributed by atoms with Gasteiger partial charge in [0.05, 0.1) is 12.6 Å². The number of methoxy groups -OCH3 is 1. The summed E-state index contributed by atoms with van der Waals surface area (Å²) in [6, 6.07) is 9.54. The zero-order chi connectivity index (χ0) is 23.1. The molecule has 174 valence electrons. The number of aryl methyl sites for hydroxylation is 1. The number of ether oxygens (including phenoxy) is 2. The number of rotatable bonds is 9. The Hall–Kier alpha value is -2.58. The van der Waals surface area contributed by atoms with E-state index in [-0.39, 0.29) is 30.6 Å². The molecular formula is C24H33N3O4S. The molecular weight excluding hydrogens is 426 g/mol. The van der Waals surface area contributed by atoms with Crippen LogP contribution in [0.1, 0.15) is 35.9 Å². The van der Waals surface area contributed by atoms with Gasteiger partial charge in [0, 0.05) is 31.1 Å². The topological polar surface area (TPSA) is 71.1 Å². The fourth-order valence-corrected chi connectivity index (χ4v) is 4.66. The van der Waals surface area contributed by atoms with Crippen LogP contribution in [0.5, 0.6) is 5.75 Å². The van der Waals surface area contributed by atoms with Crippen molar-refractivity contribution in [3.05, 3.63) is 51.7 Å². The Balaban J connectivity index is 1.74. The minimum Gasteiger partial charge on any atom is -0.491 e. The molecule has 3 rings (SSSR count). The second kappa shape index (κ2) is 11.3. The van der Waals surface area contributed by atoms with E-state index in [4.69, 9.17) is 9.47 Å². The summed E-state index contributed by atoms with van der Waals surface area (Å²) < 4.78 is 11.2. The summed E-state index contributed by atoms with van der Waals surface area (Å²) in [7, 11) is 1.58. The van der Waals surface area contributed by atoms with E-state index in [2.05, 4.69) is 16.8 Å². The third-order valence-corrected chi connectivity index (χ3v) is 6.43. The number of urea groups is 1. The number of fused-ring (bicyclic) bond motifs is 1. The van der Waals surface area contributed by atoms with Crippen molar-refractivity contribution in [2.24, 2.45) is 0 Å². The van der Waals surface area contributed by atoms with Gasteiger partial charge in [-0.3, -0.25) is 4.79 Å². The molecule has 1 aliphatic heterocycles. The minimum atomic E-state index is -0.258. The molecule has 1 unspecified atom stereocenters. The Morgan fingerprint density at radius 1 is 1.25 bits per heavy atom. The van der Waals surface area contributed by atoms with Gasteiger partial charge in [0.2, 0.25) is 5.91 Å². The number of hydrogen-bond acceptors (Lipinski definition) is 5. The Morgan fingerprint density at radius 2 is 2.00 bits per heavy atom. The van der Waals surface area contributed by atoms with Gasteiger partial charge in [-0.15, -0.1) is 11.3 Å². The highest BCUT2D eigenvalue weighted by molar-refractivity contribution is 7.10. The van der Waals surface area contributed by atoms with E-state index in [0.29, 0.717) is 26.3 Å². The highest BCUT2D eigenvalue weighted by atomic mass is 32.1. The van der Waals surface area contributed by atoms with Crippen molar-refractivity contribution >= 4 is 23.3 Å². The summed E-state index contributed by atoms with van der Waals surface area (Å²) in [5, 5.41) is 4.94. The molecule has 1 aliphatic rings. The molecule has 0 aliphatic carbocycles. The molecule has 1 N–H and O–H groups in total. The van der Waals surface area contributed by atoms with Crippen LogP contribution in [0, 0.1) is 6.92 Å². The maximum Gasteiger partial charge on any atom is 0.318 e. The first-order valence-electron chi connectivity index (χ1n) is 11.0. The Kier molecular flexibility index (Phi) is 8.53.